The van der Waals surface area contributed by atoms with E-state index in [0.717, 1.165) is 27.5 Å². The third-order valence-corrected chi connectivity index (χ3v) is 4.93. The molecule has 28 heavy (non-hydrogen) atoms. The molecule has 0 aliphatic carbocycles. The van der Waals surface area contributed by atoms with E-state index >= 15 is 0 Å². The van der Waals surface area contributed by atoms with Crippen LogP contribution in [0.5, 0.6) is 0 Å². The zero-order valence-corrected chi connectivity index (χ0v) is 17.7. The van der Waals surface area contributed by atoms with Gasteiger partial charge in [-0.3, -0.25) is 0 Å². The Labute approximate surface area is 174 Å². The Morgan fingerprint density at radius 2 is 1.61 bits per heavy atom. The van der Waals surface area contributed by atoms with Gasteiger partial charge in [-0.05, 0) is 79.4 Å². The summed E-state index contributed by atoms with van der Waals surface area (Å²) in [5, 5.41) is 13.0. The van der Waals surface area contributed by atoms with Crippen molar-refractivity contribution in [3.05, 3.63) is 69.7 Å². The Kier molecular flexibility index (Phi) is 5.72. The van der Waals surface area contributed by atoms with E-state index in [2.05, 4.69) is 0 Å². The molecule has 3 nitrogen and oxygen atoms in total. The Hall–Kier alpha value is -2.07. The van der Waals surface area contributed by atoms with Gasteiger partial charge in [0.1, 0.15) is 0 Å². The summed E-state index contributed by atoms with van der Waals surface area (Å²) in [4.78, 5) is 12.2. The van der Waals surface area contributed by atoms with Crippen molar-refractivity contribution in [3.63, 3.8) is 0 Å². The predicted octanol–water partition coefficient (Wildman–Crippen LogP) is 7.06. The van der Waals surface area contributed by atoms with E-state index in [1.165, 1.54) is 0 Å². The molecule has 3 aromatic carbocycles. The molecule has 0 saturated carbocycles. The van der Waals surface area contributed by atoms with E-state index in [1.807, 2.05) is 64.1 Å². The summed E-state index contributed by atoms with van der Waals surface area (Å²) < 4.78 is 5.97. The van der Waals surface area contributed by atoms with Crippen LogP contribution in [0.2, 0.25) is 10.0 Å². The normalized spacial score (nSPS) is 12.9. The van der Waals surface area contributed by atoms with E-state index in [-0.39, 0.29) is 0 Å². The molecule has 0 radical (unpaired) electrons. The summed E-state index contributed by atoms with van der Waals surface area (Å²) in [7, 11) is 0. The van der Waals surface area contributed by atoms with Gasteiger partial charge in [-0.1, -0.05) is 47.5 Å². The number of carboxylic acid groups (broad SMARTS) is 1. The van der Waals surface area contributed by atoms with Crippen LogP contribution in [0.1, 0.15) is 38.0 Å². The fourth-order valence-corrected chi connectivity index (χ4v) is 3.67. The Balaban J connectivity index is 2.40. The molecular formula is C23H22Cl2O3. The summed E-state index contributed by atoms with van der Waals surface area (Å²) >= 11 is 12.3. The molecule has 0 fully saturated rings. The average molecular weight is 417 g/mol. The fraction of sp³-hybridized carbons (Fsp3) is 0.261. The maximum Gasteiger partial charge on any atom is 0.337 e. The first-order chi connectivity index (χ1) is 13.1. The van der Waals surface area contributed by atoms with Gasteiger partial charge in [0.15, 0.2) is 6.10 Å². The van der Waals surface area contributed by atoms with E-state index in [0.29, 0.717) is 15.6 Å². The SMILES string of the molecule is Cc1cc2ccc(Cl)cc2c(-c2ccc(Cl)cc2)c1C(OC(C)(C)C)C(=O)O. The summed E-state index contributed by atoms with van der Waals surface area (Å²) in [6.45, 7) is 7.44. The van der Waals surface area contributed by atoms with Gasteiger partial charge < -0.3 is 9.84 Å². The van der Waals surface area contributed by atoms with Crippen molar-refractivity contribution in [1.29, 1.82) is 0 Å². The number of aliphatic carboxylic acids is 1. The molecule has 3 rings (SSSR count). The van der Waals surface area contributed by atoms with Crippen molar-refractivity contribution >= 4 is 39.9 Å². The second-order valence-corrected chi connectivity index (χ2v) is 8.68. The maximum atomic E-state index is 12.2. The van der Waals surface area contributed by atoms with Gasteiger partial charge in [0, 0.05) is 15.6 Å². The van der Waals surface area contributed by atoms with Crippen LogP contribution in [0.25, 0.3) is 21.9 Å². The smallest absolute Gasteiger partial charge is 0.337 e. The van der Waals surface area contributed by atoms with Crippen LogP contribution < -0.4 is 0 Å². The van der Waals surface area contributed by atoms with Crippen LogP contribution in [0.3, 0.4) is 0 Å². The molecule has 5 heteroatoms. The number of fused-ring (bicyclic) bond motifs is 1. The van der Waals surface area contributed by atoms with Crippen molar-refractivity contribution < 1.29 is 14.6 Å². The second-order valence-electron chi connectivity index (χ2n) is 7.80. The van der Waals surface area contributed by atoms with E-state index in [9.17, 15) is 9.90 Å². The zero-order chi connectivity index (χ0) is 20.6. The lowest BCUT2D eigenvalue weighted by Gasteiger charge is -2.28. The van der Waals surface area contributed by atoms with Gasteiger partial charge in [0.05, 0.1) is 5.60 Å². The quantitative estimate of drug-likeness (QED) is 0.494. The molecule has 0 bridgehead atoms. The lowest BCUT2D eigenvalue weighted by Crippen LogP contribution is -2.28. The van der Waals surface area contributed by atoms with Gasteiger partial charge >= 0.3 is 5.97 Å². The molecule has 1 unspecified atom stereocenters. The Bertz CT molecular complexity index is 1030. The van der Waals surface area contributed by atoms with Crippen LogP contribution in [-0.4, -0.2) is 16.7 Å². The molecule has 0 amide bonds. The summed E-state index contributed by atoms with van der Waals surface area (Å²) in [6, 6.07) is 15.0. The van der Waals surface area contributed by atoms with Crippen LogP contribution in [0.4, 0.5) is 0 Å². The highest BCUT2D eigenvalue weighted by Gasteiger charge is 2.31. The number of rotatable bonds is 4. The fourth-order valence-electron chi connectivity index (χ4n) is 3.38. The Morgan fingerprint density at radius 3 is 2.18 bits per heavy atom. The van der Waals surface area contributed by atoms with Crippen LogP contribution >= 0.6 is 23.2 Å². The van der Waals surface area contributed by atoms with Gasteiger partial charge in [0.25, 0.3) is 0 Å². The van der Waals surface area contributed by atoms with Gasteiger partial charge in [-0.25, -0.2) is 4.79 Å². The third-order valence-electron chi connectivity index (χ3n) is 4.44. The van der Waals surface area contributed by atoms with Crippen LogP contribution in [0, 0.1) is 6.92 Å². The summed E-state index contributed by atoms with van der Waals surface area (Å²) in [5.41, 5.74) is 2.50. The largest absolute Gasteiger partial charge is 0.479 e. The first kappa shape index (κ1) is 20.7. The molecule has 1 atom stereocenters. The number of hydrogen-bond donors (Lipinski definition) is 1. The topological polar surface area (TPSA) is 46.5 Å². The van der Waals surface area contributed by atoms with Crippen LogP contribution in [0.15, 0.2) is 48.5 Å². The average Bonchev–Trinajstić information content (AvgIpc) is 2.59. The first-order valence-electron chi connectivity index (χ1n) is 8.96. The second kappa shape index (κ2) is 7.75. The molecule has 3 aromatic rings. The minimum Gasteiger partial charge on any atom is -0.479 e. The molecule has 146 valence electrons. The highest BCUT2D eigenvalue weighted by atomic mass is 35.5. The molecule has 0 aromatic heterocycles. The van der Waals surface area contributed by atoms with Gasteiger partial charge in [-0.15, -0.1) is 0 Å². The molecule has 1 N–H and O–H groups in total. The molecule has 0 spiro atoms. The maximum absolute atomic E-state index is 12.2. The molecule has 0 aliphatic rings. The van der Waals surface area contributed by atoms with Crippen molar-refractivity contribution in [2.45, 2.75) is 39.4 Å². The third kappa shape index (κ3) is 4.33. The van der Waals surface area contributed by atoms with Crippen molar-refractivity contribution in [3.8, 4) is 11.1 Å². The molecule has 0 aliphatic heterocycles. The van der Waals surface area contributed by atoms with E-state index in [4.69, 9.17) is 27.9 Å². The first-order valence-corrected chi connectivity index (χ1v) is 9.72. The zero-order valence-electron chi connectivity index (χ0n) is 16.2. The lowest BCUT2D eigenvalue weighted by molar-refractivity contribution is -0.160. The van der Waals surface area contributed by atoms with Gasteiger partial charge in [-0.2, -0.15) is 0 Å². The van der Waals surface area contributed by atoms with Crippen LogP contribution in [-0.2, 0) is 9.53 Å². The standard InChI is InChI=1S/C23H22Cl2O3/c1-13-11-15-7-10-17(25)12-18(15)20(14-5-8-16(24)9-6-14)19(13)21(22(26)27)28-23(2,3)4/h5-12,21H,1-4H3,(H,26,27). The number of benzene rings is 3. The monoisotopic (exact) mass is 416 g/mol. The highest BCUT2D eigenvalue weighted by molar-refractivity contribution is 6.31. The number of carbonyl (C=O) groups is 1. The summed E-state index contributed by atoms with van der Waals surface area (Å²) in [6.07, 6.45) is -1.12. The van der Waals surface area contributed by atoms with Crippen molar-refractivity contribution in [2.24, 2.45) is 0 Å². The van der Waals surface area contributed by atoms with E-state index < -0.39 is 17.7 Å². The highest BCUT2D eigenvalue weighted by Crippen LogP contribution is 2.41. The van der Waals surface area contributed by atoms with Gasteiger partial charge in [0.2, 0.25) is 0 Å². The Morgan fingerprint density at radius 1 is 1.00 bits per heavy atom. The number of halogens is 2. The number of ether oxygens (including phenoxy) is 1. The minimum atomic E-state index is -1.12. The summed E-state index contributed by atoms with van der Waals surface area (Å²) in [5.74, 6) is -1.03. The minimum absolute atomic E-state index is 0.584. The van der Waals surface area contributed by atoms with Crippen molar-refractivity contribution in [2.75, 3.05) is 0 Å². The molecular weight excluding hydrogens is 395 g/mol. The number of hydrogen-bond acceptors (Lipinski definition) is 2. The molecule has 0 heterocycles. The number of carboxylic acids is 1. The lowest BCUT2D eigenvalue weighted by atomic mass is 9.87. The number of aryl methyl sites for hydroxylation is 1. The predicted molar refractivity (Wildman–Crippen MR) is 115 cm³/mol. The van der Waals surface area contributed by atoms with E-state index in [1.54, 1.807) is 12.1 Å². The van der Waals surface area contributed by atoms with Crippen molar-refractivity contribution in [1.82, 2.24) is 0 Å². The molecule has 0 saturated heterocycles.